The molecule has 3 N–H and O–H groups in total. The summed E-state index contributed by atoms with van der Waals surface area (Å²) in [5.41, 5.74) is 0. The standard InChI is InChI=1S/C75H146O17P2/c1-9-68(8)54-46-38-30-22-17-19-23-31-39-47-55-72(77)85-61-70(91-74(79)57-49-41-32-24-15-13-11-10-12-14-20-27-35-43-51-65(2)3)63-89-93(81,82)87-59-69(76)60-88-94(83,84)90-64-71(62-86-73(78)56-48-40-34-26-29-37-45-53-67(6)7)92-75(80)58-50-42-33-25-18-16-21-28-36-44-52-66(4)5/h65-71,76H,9-64H2,1-8H3,(H,81,82)(H,83,84)/t68?,69?,70-,71-/m1/s1. The van der Waals surface area contributed by atoms with Crippen molar-refractivity contribution in [1.29, 1.82) is 0 Å². The Balaban J connectivity index is 5.26. The fraction of sp³-hybridized carbons (Fsp3) is 0.947. The van der Waals surface area contributed by atoms with Crippen molar-refractivity contribution in [3.63, 3.8) is 0 Å². The predicted molar refractivity (Wildman–Crippen MR) is 381 cm³/mol. The number of aliphatic hydroxyl groups excluding tert-OH is 1. The zero-order chi connectivity index (χ0) is 69.6. The van der Waals surface area contributed by atoms with Crippen molar-refractivity contribution >= 4 is 39.5 Å². The second kappa shape index (κ2) is 64.4. The third-order valence-corrected chi connectivity index (χ3v) is 19.6. The summed E-state index contributed by atoms with van der Waals surface area (Å²) in [7, 11) is -9.91. The van der Waals surface area contributed by atoms with E-state index >= 15 is 0 Å². The van der Waals surface area contributed by atoms with Gasteiger partial charge in [-0.25, -0.2) is 9.13 Å². The van der Waals surface area contributed by atoms with Crippen LogP contribution in [-0.2, 0) is 65.4 Å². The zero-order valence-corrected chi connectivity index (χ0v) is 63.4. The minimum absolute atomic E-state index is 0.105. The molecule has 0 bridgehead atoms. The Kier molecular flexibility index (Phi) is 63.1. The lowest BCUT2D eigenvalue weighted by atomic mass is 9.99. The molecule has 94 heavy (non-hydrogen) atoms. The van der Waals surface area contributed by atoms with E-state index in [4.69, 9.17) is 37.0 Å². The molecule has 0 aromatic rings. The number of carbonyl (C=O) groups excluding carboxylic acids is 4. The molecule has 17 nitrogen and oxygen atoms in total. The van der Waals surface area contributed by atoms with Crippen LogP contribution in [0, 0.1) is 23.7 Å². The van der Waals surface area contributed by atoms with E-state index in [1.807, 2.05) is 0 Å². The minimum atomic E-state index is -4.96. The number of unbranched alkanes of at least 4 members (excludes halogenated alkanes) is 37. The number of esters is 4. The molecule has 0 heterocycles. The molecule has 0 aliphatic rings. The van der Waals surface area contributed by atoms with Gasteiger partial charge in [0, 0.05) is 25.7 Å². The fourth-order valence-electron chi connectivity index (χ4n) is 11.3. The first-order chi connectivity index (χ1) is 45.1. The van der Waals surface area contributed by atoms with Crippen molar-refractivity contribution in [1.82, 2.24) is 0 Å². The molecular formula is C75H146O17P2. The van der Waals surface area contributed by atoms with Gasteiger partial charge < -0.3 is 33.8 Å². The molecule has 0 fully saturated rings. The van der Waals surface area contributed by atoms with E-state index < -0.39 is 97.5 Å². The van der Waals surface area contributed by atoms with Crippen molar-refractivity contribution in [2.45, 2.75) is 395 Å². The van der Waals surface area contributed by atoms with Crippen molar-refractivity contribution in [3.8, 4) is 0 Å². The van der Waals surface area contributed by atoms with Crippen LogP contribution in [0.2, 0.25) is 0 Å². The summed E-state index contributed by atoms with van der Waals surface area (Å²) >= 11 is 0. The van der Waals surface area contributed by atoms with Crippen LogP contribution in [0.5, 0.6) is 0 Å². The molecule has 558 valence electrons. The van der Waals surface area contributed by atoms with Crippen LogP contribution < -0.4 is 0 Å². The van der Waals surface area contributed by atoms with Crippen LogP contribution in [0.3, 0.4) is 0 Å². The molecule has 0 rings (SSSR count). The van der Waals surface area contributed by atoms with Crippen molar-refractivity contribution < 1.29 is 80.2 Å². The summed E-state index contributed by atoms with van der Waals surface area (Å²) in [5.74, 6) is 0.939. The highest BCUT2D eigenvalue weighted by atomic mass is 31.2. The SMILES string of the molecule is CCC(C)CCCCCCCCCCCCC(=O)OC[C@H](COP(=O)(O)OCC(O)COP(=O)(O)OC[C@@H](COC(=O)CCCCCCCCCC(C)C)OC(=O)CCCCCCCCCCCCC(C)C)OC(=O)CCCCCCCCCCCCCCCCC(C)C. The number of hydrogen-bond donors (Lipinski definition) is 3. The molecule has 0 aromatic heterocycles. The highest BCUT2D eigenvalue weighted by Crippen LogP contribution is 2.45. The predicted octanol–water partition coefficient (Wildman–Crippen LogP) is 21.7. The van der Waals surface area contributed by atoms with E-state index in [-0.39, 0.29) is 25.7 Å². The Morgan fingerprint density at radius 3 is 0.755 bits per heavy atom. The van der Waals surface area contributed by atoms with E-state index in [0.29, 0.717) is 31.6 Å². The lowest BCUT2D eigenvalue weighted by Gasteiger charge is -2.21. The second-order valence-corrected chi connectivity index (χ2v) is 31.6. The van der Waals surface area contributed by atoms with Crippen LogP contribution in [-0.4, -0.2) is 96.7 Å². The minimum Gasteiger partial charge on any atom is -0.462 e. The van der Waals surface area contributed by atoms with Crippen LogP contribution >= 0.6 is 15.6 Å². The number of phosphoric ester groups is 2. The maximum Gasteiger partial charge on any atom is 0.472 e. The second-order valence-electron chi connectivity index (χ2n) is 28.7. The molecule has 0 spiro atoms. The van der Waals surface area contributed by atoms with Gasteiger partial charge in [-0.2, -0.15) is 0 Å². The third kappa shape index (κ3) is 67.3. The highest BCUT2D eigenvalue weighted by molar-refractivity contribution is 7.47. The average Bonchev–Trinajstić information content (AvgIpc) is 1.15. The number of aliphatic hydroxyl groups is 1. The number of phosphoric acid groups is 2. The smallest absolute Gasteiger partial charge is 0.462 e. The maximum absolute atomic E-state index is 13.1. The Hall–Kier alpha value is -1.94. The highest BCUT2D eigenvalue weighted by Gasteiger charge is 2.30. The van der Waals surface area contributed by atoms with Crippen LogP contribution in [0.4, 0.5) is 0 Å². The molecule has 0 saturated carbocycles. The molecule has 0 amide bonds. The molecule has 19 heteroatoms. The van der Waals surface area contributed by atoms with Crippen molar-refractivity contribution in [2.75, 3.05) is 39.6 Å². The van der Waals surface area contributed by atoms with Gasteiger partial charge in [-0.3, -0.25) is 37.3 Å². The van der Waals surface area contributed by atoms with Gasteiger partial charge in [0.1, 0.15) is 19.3 Å². The normalized spacial score (nSPS) is 14.4. The largest absolute Gasteiger partial charge is 0.472 e. The van der Waals surface area contributed by atoms with Crippen LogP contribution in [0.25, 0.3) is 0 Å². The monoisotopic (exact) mass is 1380 g/mol. The van der Waals surface area contributed by atoms with Crippen LogP contribution in [0.1, 0.15) is 376 Å². The van der Waals surface area contributed by atoms with Gasteiger partial charge in [-0.15, -0.1) is 0 Å². The number of rotatable bonds is 72. The summed E-state index contributed by atoms with van der Waals surface area (Å²) in [5, 5.41) is 10.6. The third-order valence-electron chi connectivity index (χ3n) is 17.7. The van der Waals surface area contributed by atoms with Crippen molar-refractivity contribution in [3.05, 3.63) is 0 Å². The summed E-state index contributed by atoms with van der Waals surface area (Å²) in [6.45, 7) is 14.2. The number of ether oxygens (including phenoxy) is 4. The molecule has 4 unspecified atom stereocenters. The zero-order valence-electron chi connectivity index (χ0n) is 61.6. The first kappa shape index (κ1) is 92.1. The van der Waals surface area contributed by atoms with Gasteiger partial charge >= 0.3 is 39.5 Å². The summed E-state index contributed by atoms with van der Waals surface area (Å²) < 4.78 is 68.5. The fourth-order valence-corrected chi connectivity index (χ4v) is 12.9. The van der Waals surface area contributed by atoms with Gasteiger partial charge in [0.15, 0.2) is 12.2 Å². The number of hydrogen-bond acceptors (Lipinski definition) is 15. The lowest BCUT2D eigenvalue weighted by Crippen LogP contribution is -2.30. The maximum atomic E-state index is 13.1. The first-order valence-corrected chi connectivity index (χ1v) is 41.7. The lowest BCUT2D eigenvalue weighted by molar-refractivity contribution is -0.161. The summed E-state index contributed by atoms with van der Waals surface area (Å²) in [6, 6.07) is 0. The summed E-state index contributed by atoms with van der Waals surface area (Å²) in [4.78, 5) is 72.8. The quantitative estimate of drug-likeness (QED) is 0.0222. The average molecular weight is 1380 g/mol. The molecule has 0 aliphatic heterocycles. The Labute approximate surface area is 575 Å². The molecule has 0 radical (unpaired) electrons. The van der Waals surface area contributed by atoms with Gasteiger partial charge in [-0.1, -0.05) is 325 Å². The van der Waals surface area contributed by atoms with E-state index in [9.17, 15) is 43.2 Å². The Bertz CT molecular complexity index is 1850. The molecule has 6 atom stereocenters. The Morgan fingerprint density at radius 1 is 0.298 bits per heavy atom. The molecular weight excluding hydrogens is 1230 g/mol. The molecule has 0 aromatic carbocycles. The van der Waals surface area contributed by atoms with E-state index in [0.717, 1.165) is 114 Å². The van der Waals surface area contributed by atoms with E-state index in [1.165, 1.54) is 173 Å². The number of carbonyl (C=O) groups is 4. The topological polar surface area (TPSA) is 237 Å². The van der Waals surface area contributed by atoms with E-state index in [2.05, 4.69) is 55.4 Å². The summed E-state index contributed by atoms with van der Waals surface area (Å²) in [6.07, 6.45) is 48.5. The Morgan fingerprint density at radius 2 is 0.511 bits per heavy atom. The van der Waals surface area contributed by atoms with E-state index in [1.54, 1.807) is 0 Å². The molecule has 0 aliphatic carbocycles. The van der Waals surface area contributed by atoms with Gasteiger partial charge in [0.05, 0.1) is 26.4 Å². The van der Waals surface area contributed by atoms with Crippen LogP contribution in [0.15, 0.2) is 0 Å². The van der Waals surface area contributed by atoms with Crippen molar-refractivity contribution in [2.24, 2.45) is 23.7 Å². The molecule has 0 saturated heterocycles. The first-order valence-electron chi connectivity index (χ1n) is 38.7. The van der Waals surface area contributed by atoms with Gasteiger partial charge in [-0.05, 0) is 49.4 Å². The van der Waals surface area contributed by atoms with Gasteiger partial charge in [0.25, 0.3) is 0 Å². The van der Waals surface area contributed by atoms with Gasteiger partial charge in [0.2, 0.25) is 0 Å².